The molecule has 1 unspecified atom stereocenters. The maximum atomic E-state index is 11.6. The van der Waals surface area contributed by atoms with Crippen molar-refractivity contribution in [1.29, 1.82) is 0 Å². The Morgan fingerprint density at radius 3 is 2.77 bits per heavy atom. The van der Waals surface area contributed by atoms with E-state index < -0.39 is 5.41 Å². The zero-order valence-electron chi connectivity index (χ0n) is 13.5. The third kappa shape index (κ3) is 4.12. The van der Waals surface area contributed by atoms with E-state index in [4.69, 9.17) is 0 Å². The number of carbonyl (C=O) groups is 1. The molecule has 0 radical (unpaired) electrons. The normalized spacial score (nSPS) is 20.0. The lowest BCUT2D eigenvalue weighted by molar-refractivity contribution is -0.111. The molecule has 4 nitrogen and oxygen atoms in total. The van der Waals surface area contributed by atoms with Gasteiger partial charge >= 0.3 is 0 Å². The topological polar surface area (TPSA) is 44.7 Å². The first-order chi connectivity index (χ1) is 10.7. The Hall–Kier alpha value is -1.78. The smallest absolute Gasteiger partial charge is 0.136 e. The van der Waals surface area contributed by atoms with Crippen molar-refractivity contribution in [3.8, 4) is 0 Å². The molecule has 1 N–H and O–H groups in total. The zero-order chi connectivity index (χ0) is 15.8. The molecule has 1 aromatic rings. The second kappa shape index (κ2) is 8.01. The molecule has 1 aliphatic rings. The molecule has 0 aromatic heterocycles. The average Bonchev–Trinajstić information content (AvgIpc) is 2.76. The van der Waals surface area contributed by atoms with Gasteiger partial charge in [0.1, 0.15) is 6.29 Å². The lowest BCUT2D eigenvalue weighted by Gasteiger charge is -2.22. The van der Waals surface area contributed by atoms with Gasteiger partial charge in [-0.2, -0.15) is 0 Å². The largest absolute Gasteiger partial charge is 0.314 e. The molecule has 1 aliphatic heterocycles. The molecule has 1 heterocycles. The maximum Gasteiger partial charge on any atom is 0.136 e. The van der Waals surface area contributed by atoms with E-state index in [2.05, 4.69) is 29.1 Å². The molecule has 0 saturated heterocycles. The molecule has 0 bridgehead atoms. The quantitative estimate of drug-likeness (QED) is 0.592. The second-order valence-electron chi connectivity index (χ2n) is 5.58. The van der Waals surface area contributed by atoms with Crippen LogP contribution in [0.5, 0.6) is 0 Å². The Morgan fingerprint density at radius 1 is 1.27 bits per heavy atom. The number of hydrogen-bond donors (Lipinski definition) is 1. The van der Waals surface area contributed by atoms with Crippen LogP contribution in [0.4, 0.5) is 5.69 Å². The maximum absolute atomic E-state index is 11.6. The first-order valence-corrected chi connectivity index (χ1v) is 7.96. The molecule has 0 fully saturated rings. The third-order valence-corrected chi connectivity index (χ3v) is 4.10. The van der Waals surface area contributed by atoms with Crippen molar-refractivity contribution >= 4 is 24.3 Å². The highest BCUT2D eigenvalue weighted by Crippen LogP contribution is 2.27. The van der Waals surface area contributed by atoms with Crippen molar-refractivity contribution < 1.29 is 4.79 Å². The van der Waals surface area contributed by atoms with Crippen molar-refractivity contribution in [3.63, 3.8) is 0 Å². The van der Waals surface area contributed by atoms with Gasteiger partial charge in [0.05, 0.1) is 11.1 Å². The highest BCUT2D eigenvalue weighted by atomic mass is 16.1. The van der Waals surface area contributed by atoms with Crippen molar-refractivity contribution in [3.05, 3.63) is 35.9 Å². The molecule has 0 saturated carbocycles. The number of hydrogen-bond acceptors (Lipinski definition) is 4. The van der Waals surface area contributed by atoms with Gasteiger partial charge in [0.2, 0.25) is 0 Å². The number of carbonyl (C=O) groups excluding carboxylic acids is 1. The number of nitrogens with one attached hydrogen (secondary N) is 1. The Morgan fingerprint density at radius 2 is 2.05 bits per heavy atom. The van der Waals surface area contributed by atoms with Gasteiger partial charge in [-0.05, 0) is 24.7 Å². The van der Waals surface area contributed by atoms with Crippen molar-refractivity contribution in [1.82, 2.24) is 10.2 Å². The van der Waals surface area contributed by atoms with Crippen LogP contribution in [0.1, 0.15) is 19.4 Å². The van der Waals surface area contributed by atoms with Crippen LogP contribution in [0.3, 0.4) is 0 Å². The molecule has 4 heteroatoms. The predicted molar refractivity (Wildman–Crippen MR) is 92.8 cm³/mol. The summed E-state index contributed by atoms with van der Waals surface area (Å²) in [7, 11) is 0. The molecule has 0 aliphatic carbocycles. The summed E-state index contributed by atoms with van der Waals surface area (Å²) < 4.78 is 0. The molecular weight excluding hydrogens is 274 g/mol. The van der Waals surface area contributed by atoms with Crippen LogP contribution in [-0.4, -0.2) is 50.1 Å². The Bertz CT molecular complexity index is 514. The van der Waals surface area contributed by atoms with Gasteiger partial charge in [0, 0.05) is 25.8 Å². The van der Waals surface area contributed by atoms with E-state index in [-0.39, 0.29) is 0 Å². The molecular formula is C18H25N3O. The molecule has 0 spiro atoms. The number of nitrogens with zero attached hydrogens (tertiary/aromatic N) is 2. The average molecular weight is 299 g/mol. The summed E-state index contributed by atoms with van der Waals surface area (Å²) in [5.74, 6) is 0. The lowest BCUT2D eigenvalue weighted by atomic mass is 9.90. The van der Waals surface area contributed by atoms with E-state index in [9.17, 15) is 4.79 Å². The van der Waals surface area contributed by atoms with E-state index in [1.165, 1.54) is 0 Å². The van der Waals surface area contributed by atoms with Crippen molar-refractivity contribution in [2.24, 2.45) is 10.4 Å². The minimum Gasteiger partial charge on any atom is -0.314 e. The second-order valence-corrected chi connectivity index (χ2v) is 5.58. The van der Waals surface area contributed by atoms with Crippen LogP contribution >= 0.6 is 0 Å². The standard InChI is InChI=1S/C18H25N3O/c1-3-21(4-2)12-11-19-13-18(15-22)10-9-16-7-5-6-8-17(16)20-14-18/h5-10,14-15,19H,3-4,11-13H2,1-2H3. The van der Waals surface area contributed by atoms with Crippen LogP contribution in [0.15, 0.2) is 35.3 Å². The minimum absolute atomic E-state index is 0.575. The Kier molecular flexibility index (Phi) is 6.04. The monoisotopic (exact) mass is 299 g/mol. The van der Waals surface area contributed by atoms with Gasteiger partial charge in [-0.1, -0.05) is 44.2 Å². The predicted octanol–water partition coefficient (Wildman–Crippen LogP) is 2.53. The zero-order valence-corrected chi connectivity index (χ0v) is 13.5. The van der Waals surface area contributed by atoms with Gasteiger partial charge in [0.15, 0.2) is 0 Å². The first-order valence-electron chi connectivity index (χ1n) is 7.96. The summed E-state index contributed by atoms with van der Waals surface area (Å²) in [5, 5.41) is 3.39. The Labute approximate surface area is 132 Å². The van der Waals surface area contributed by atoms with Crippen LogP contribution in [0.2, 0.25) is 0 Å². The molecule has 22 heavy (non-hydrogen) atoms. The summed E-state index contributed by atoms with van der Waals surface area (Å²) in [4.78, 5) is 18.5. The van der Waals surface area contributed by atoms with Crippen molar-refractivity contribution in [2.45, 2.75) is 13.8 Å². The lowest BCUT2D eigenvalue weighted by Crippen LogP contribution is -2.39. The number of aldehydes is 1. The van der Waals surface area contributed by atoms with Crippen LogP contribution in [-0.2, 0) is 4.79 Å². The van der Waals surface area contributed by atoms with Gasteiger partial charge in [-0.25, -0.2) is 0 Å². The number of benzene rings is 1. The van der Waals surface area contributed by atoms with Gasteiger partial charge in [-0.15, -0.1) is 0 Å². The number of para-hydroxylation sites is 1. The van der Waals surface area contributed by atoms with Crippen LogP contribution in [0.25, 0.3) is 6.08 Å². The third-order valence-electron chi connectivity index (χ3n) is 4.10. The van der Waals surface area contributed by atoms with Crippen molar-refractivity contribution in [2.75, 3.05) is 32.7 Å². The number of fused-ring (bicyclic) bond motifs is 1. The first kappa shape index (κ1) is 16.6. The van der Waals surface area contributed by atoms with E-state index in [1.807, 2.05) is 36.4 Å². The molecule has 118 valence electrons. The molecule has 2 rings (SSSR count). The molecule has 0 amide bonds. The van der Waals surface area contributed by atoms with E-state index >= 15 is 0 Å². The summed E-state index contributed by atoms with van der Waals surface area (Å²) >= 11 is 0. The number of rotatable bonds is 8. The Balaban J connectivity index is 1.98. The molecule has 1 aromatic carbocycles. The number of likely N-dealkylation sites (N-methyl/N-ethyl adjacent to an activating group) is 1. The van der Waals surface area contributed by atoms with Gasteiger partial charge in [-0.3, -0.25) is 4.99 Å². The highest BCUT2D eigenvalue weighted by Gasteiger charge is 2.25. The SMILES string of the molecule is CCN(CC)CCNCC1(C=O)C=Cc2ccccc2N=C1. The van der Waals surface area contributed by atoms with E-state index in [1.54, 1.807) is 6.21 Å². The summed E-state index contributed by atoms with van der Waals surface area (Å²) in [6.45, 7) is 8.85. The van der Waals surface area contributed by atoms with E-state index in [0.717, 1.165) is 43.7 Å². The fourth-order valence-electron chi connectivity index (χ4n) is 2.52. The number of aliphatic imine (C=N–C) groups is 1. The van der Waals surface area contributed by atoms with E-state index in [0.29, 0.717) is 6.54 Å². The fraction of sp³-hybridized carbons (Fsp3) is 0.444. The van der Waals surface area contributed by atoms with Crippen LogP contribution < -0.4 is 5.32 Å². The summed E-state index contributed by atoms with van der Waals surface area (Å²) in [5.41, 5.74) is 1.29. The molecule has 1 atom stereocenters. The summed E-state index contributed by atoms with van der Waals surface area (Å²) in [6.07, 6.45) is 6.67. The minimum atomic E-state index is -0.664. The fourth-order valence-corrected chi connectivity index (χ4v) is 2.52. The summed E-state index contributed by atoms with van der Waals surface area (Å²) in [6, 6.07) is 7.91. The highest BCUT2D eigenvalue weighted by molar-refractivity contribution is 5.94. The van der Waals surface area contributed by atoms with Gasteiger partial charge in [0.25, 0.3) is 0 Å². The van der Waals surface area contributed by atoms with Crippen LogP contribution in [0, 0.1) is 5.41 Å². The van der Waals surface area contributed by atoms with Gasteiger partial charge < -0.3 is 15.0 Å².